The van der Waals surface area contributed by atoms with Crippen LogP contribution in [0.3, 0.4) is 0 Å². The highest BCUT2D eigenvalue weighted by molar-refractivity contribution is 6.08. The van der Waals surface area contributed by atoms with Gasteiger partial charge in [-0.05, 0) is 37.0 Å². The zero-order valence-electron chi connectivity index (χ0n) is 14.9. The minimum Gasteiger partial charge on any atom is -0.480 e. The summed E-state index contributed by atoms with van der Waals surface area (Å²) in [5, 5.41) is 12.4. The Kier molecular flexibility index (Phi) is 6.10. The standard InChI is InChI=1S/C20H24N2O4/c1-13(2)12-16(21)17(23)20(19(25)26)10-8-15(9-11-20)22-18(24)14-6-4-3-5-7-14/h3-10,13,16H,11-12,21H2,1-2H3,(H,22,24)(H,25,26)/t16-,20?/m0/s1. The molecule has 0 saturated heterocycles. The summed E-state index contributed by atoms with van der Waals surface area (Å²) in [4.78, 5) is 36.7. The monoisotopic (exact) mass is 356 g/mol. The van der Waals surface area contributed by atoms with Crippen LogP contribution in [-0.4, -0.2) is 28.8 Å². The highest BCUT2D eigenvalue weighted by Gasteiger charge is 2.46. The predicted octanol–water partition coefficient (Wildman–Crippen LogP) is 2.27. The Labute approximate surface area is 152 Å². The number of amides is 1. The van der Waals surface area contributed by atoms with Crippen LogP contribution in [0.5, 0.6) is 0 Å². The Balaban J connectivity index is 2.13. The molecular weight excluding hydrogens is 332 g/mol. The highest BCUT2D eigenvalue weighted by atomic mass is 16.4. The number of ketones is 1. The summed E-state index contributed by atoms with van der Waals surface area (Å²) in [6.45, 7) is 3.85. The van der Waals surface area contributed by atoms with Crippen molar-refractivity contribution in [3.05, 3.63) is 59.8 Å². The lowest BCUT2D eigenvalue weighted by Gasteiger charge is -2.29. The van der Waals surface area contributed by atoms with Crippen LogP contribution in [0.25, 0.3) is 0 Å². The van der Waals surface area contributed by atoms with Crippen LogP contribution in [0.1, 0.15) is 37.0 Å². The molecule has 1 aromatic rings. The molecule has 0 fully saturated rings. The van der Waals surface area contributed by atoms with E-state index in [0.717, 1.165) is 0 Å². The zero-order chi connectivity index (χ0) is 19.3. The van der Waals surface area contributed by atoms with Gasteiger partial charge in [-0.1, -0.05) is 44.2 Å². The van der Waals surface area contributed by atoms with Crippen molar-refractivity contribution >= 4 is 17.7 Å². The normalized spacial score (nSPS) is 20.4. The topological polar surface area (TPSA) is 109 Å². The molecule has 4 N–H and O–H groups in total. The van der Waals surface area contributed by atoms with Crippen LogP contribution >= 0.6 is 0 Å². The second kappa shape index (κ2) is 8.10. The summed E-state index contributed by atoms with van der Waals surface area (Å²) in [5.41, 5.74) is 5.19. The van der Waals surface area contributed by atoms with E-state index in [2.05, 4.69) is 5.32 Å². The molecule has 6 heteroatoms. The summed E-state index contributed by atoms with van der Waals surface area (Å²) >= 11 is 0. The number of hydrogen-bond acceptors (Lipinski definition) is 4. The van der Waals surface area contributed by atoms with Gasteiger partial charge in [-0.15, -0.1) is 0 Å². The molecule has 0 bridgehead atoms. The van der Waals surface area contributed by atoms with Crippen LogP contribution in [0.2, 0.25) is 0 Å². The number of aliphatic carboxylic acids is 1. The molecule has 1 aliphatic carbocycles. The lowest BCUT2D eigenvalue weighted by atomic mass is 9.74. The first-order valence-electron chi connectivity index (χ1n) is 8.55. The van der Waals surface area contributed by atoms with Crippen molar-refractivity contribution in [2.24, 2.45) is 17.1 Å². The van der Waals surface area contributed by atoms with Crippen LogP contribution in [0, 0.1) is 11.3 Å². The quantitative estimate of drug-likeness (QED) is 0.649. The summed E-state index contributed by atoms with van der Waals surface area (Å²) < 4.78 is 0. The first-order valence-corrected chi connectivity index (χ1v) is 8.55. The fourth-order valence-corrected chi connectivity index (χ4v) is 2.92. The molecule has 0 aromatic heterocycles. The van der Waals surface area contributed by atoms with Gasteiger partial charge in [0.15, 0.2) is 5.78 Å². The number of hydrogen-bond donors (Lipinski definition) is 3. The van der Waals surface area contributed by atoms with Crippen LogP contribution < -0.4 is 11.1 Å². The highest BCUT2D eigenvalue weighted by Crippen LogP contribution is 2.33. The van der Waals surface area contributed by atoms with Crippen molar-refractivity contribution in [1.29, 1.82) is 0 Å². The maximum Gasteiger partial charge on any atom is 0.321 e. The number of Topliss-reactive ketones (excluding diaryl/α,β-unsaturated/α-hetero) is 1. The van der Waals surface area contributed by atoms with Crippen LogP contribution in [-0.2, 0) is 9.59 Å². The number of nitrogens with one attached hydrogen (secondary N) is 1. The molecule has 0 spiro atoms. The molecule has 6 nitrogen and oxygen atoms in total. The Morgan fingerprint density at radius 3 is 2.38 bits per heavy atom. The largest absolute Gasteiger partial charge is 0.480 e. The first-order chi connectivity index (χ1) is 12.3. The number of carboxylic acid groups (broad SMARTS) is 1. The summed E-state index contributed by atoms with van der Waals surface area (Å²) in [5.74, 6) is -1.86. The number of carboxylic acids is 1. The van der Waals surface area contributed by atoms with Gasteiger partial charge in [0.2, 0.25) is 0 Å². The van der Waals surface area contributed by atoms with Crippen LogP contribution in [0.4, 0.5) is 0 Å². The first kappa shape index (κ1) is 19.6. The molecule has 2 atom stereocenters. The van der Waals surface area contributed by atoms with Crippen molar-refractivity contribution in [2.75, 3.05) is 0 Å². The van der Waals surface area contributed by atoms with Gasteiger partial charge in [-0.25, -0.2) is 0 Å². The minimum absolute atomic E-state index is 0.0478. The third-order valence-electron chi connectivity index (χ3n) is 4.37. The fourth-order valence-electron chi connectivity index (χ4n) is 2.92. The Morgan fingerprint density at radius 1 is 1.23 bits per heavy atom. The molecule has 0 aliphatic heterocycles. The third kappa shape index (κ3) is 4.26. The van der Waals surface area contributed by atoms with E-state index in [1.165, 1.54) is 12.2 Å². The predicted molar refractivity (Wildman–Crippen MR) is 98.3 cm³/mol. The van der Waals surface area contributed by atoms with Gasteiger partial charge in [-0.2, -0.15) is 0 Å². The molecule has 1 aliphatic rings. The molecule has 0 heterocycles. The molecule has 1 aromatic carbocycles. The molecule has 138 valence electrons. The average molecular weight is 356 g/mol. The van der Waals surface area contributed by atoms with Crippen molar-refractivity contribution in [1.82, 2.24) is 5.32 Å². The zero-order valence-corrected chi connectivity index (χ0v) is 14.9. The van der Waals surface area contributed by atoms with Crippen molar-refractivity contribution in [3.8, 4) is 0 Å². The van der Waals surface area contributed by atoms with E-state index in [1.54, 1.807) is 30.3 Å². The van der Waals surface area contributed by atoms with Crippen LogP contribution in [0.15, 0.2) is 54.3 Å². The van der Waals surface area contributed by atoms with E-state index in [-0.39, 0.29) is 18.2 Å². The van der Waals surface area contributed by atoms with Gasteiger partial charge in [0.25, 0.3) is 5.91 Å². The van der Waals surface area contributed by atoms with E-state index in [1.807, 2.05) is 19.9 Å². The average Bonchev–Trinajstić information content (AvgIpc) is 2.61. The number of carbonyl (C=O) groups is 3. The number of rotatable bonds is 7. The molecule has 1 unspecified atom stereocenters. The SMILES string of the molecule is CC(C)C[C@H](N)C(=O)C1(C(=O)O)C=CC(NC(=O)c2ccccc2)=CC1. The van der Waals surface area contributed by atoms with Gasteiger partial charge in [0.05, 0.1) is 6.04 Å². The van der Waals surface area contributed by atoms with Gasteiger partial charge in [0.1, 0.15) is 5.41 Å². The Bertz CT molecular complexity index is 752. The summed E-state index contributed by atoms with van der Waals surface area (Å²) in [7, 11) is 0. The van der Waals surface area contributed by atoms with E-state index >= 15 is 0 Å². The van der Waals surface area contributed by atoms with Crippen molar-refractivity contribution < 1.29 is 19.5 Å². The Hall–Kier alpha value is -2.73. The third-order valence-corrected chi connectivity index (χ3v) is 4.37. The van der Waals surface area contributed by atoms with Gasteiger partial charge < -0.3 is 16.2 Å². The maximum atomic E-state index is 12.7. The van der Waals surface area contributed by atoms with Crippen molar-refractivity contribution in [3.63, 3.8) is 0 Å². The Morgan fingerprint density at radius 2 is 1.88 bits per heavy atom. The van der Waals surface area contributed by atoms with Gasteiger partial charge >= 0.3 is 5.97 Å². The summed E-state index contributed by atoms with van der Waals surface area (Å²) in [6.07, 6.45) is 4.71. The number of carbonyl (C=O) groups excluding carboxylic acids is 2. The lowest BCUT2D eigenvalue weighted by molar-refractivity contribution is -0.152. The smallest absolute Gasteiger partial charge is 0.321 e. The number of benzene rings is 1. The molecule has 2 rings (SSSR count). The second-order valence-corrected chi connectivity index (χ2v) is 6.89. The lowest BCUT2D eigenvalue weighted by Crippen LogP contribution is -2.48. The van der Waals surface area contributed by atoms with E-state index in [0.29, 0.717) is 17.7 Å². The van der Waals surface area contributed by atoms with E-state index in [9.17, 15) is 19.5 Å². The molecule has 26 heavy (non-hydrogen) atoms. The summed E-state index contributed by atoms with van der Waals surface area (Å²) in [6, 6.07) is 7.83. The second-order valence-electron chi connectivity index (χ2n) is 6.89. The maximum absolute atomic E-state index is 12.7. The van der Waals surface area contributed by atoms with E-state index in [4.69, 9.17) is 5.73 Å². The van der Waals surface area contributed by atoms with Gasteiger partial charge in [0, 0.05) is 11.3 Å². The molecule has 1 amide bonds. The van der Waals surface area contributed by atoms with Gasteiger partial charge in [-0.3, -0.25) is 14.4 Å². The van der Waals surface area contributed by atoms with Crippen molar-refractivity contribution in [2.45, 2.75) is 32.7 Å². The minimum atomic E-state index is -1.69. The molecule has 0 radical (unpaired) electrons. The number of nitrogens with two attached hydrogens (primary N) is 1. The van der Waals surface area contributed by atoms with E-state index < -0.39 is 23.2 Å². The molecular formula is C20H24N2O4. The number of allylic oxidation sites excluding steroid dienone is 2. The fraction of sp³-hybridized carbons (Fsp3) is 0.350. The molecule has 0 saturated carbocycles.